The Bertz CT molecular complexity index is 1100. The smallest absolute Gasteiger partial charge is 0.410 e. The quantitative estimate of drug-likeness (QED) is 0.446. The number of carbonyl (C=O) groups excluding carboxylic acids is 1. The first-order chi connectivity index (χ1) is 17.0. The SMILES string of the molecule is Cc1cccc(CCc2ccc(OC(=O)N3CCC(Sc4nnnn4CCN(C)C)CC3)cc2)n1. The van der Waals surface area contributed by atoms with Crippen molar-refractivity contribution in [3.63, 3.8) is 0 Å². The largest absolute Gasteiger partial charge is 0.415 e. The summed E-state index contributed by atoms with van der Waals surface area (Å²) < 4.78 is 7.48. The summed E-state index contributed by atoms with van der Waals surface area (Å²) in [5.74, 6) is 0.573. The van der Waals surface area contributed by atoms with Gasteiger partial charge in [-0.1, -0.05) is 30.0 Å². The lowest BCUT2D eigenvalue weighted by molar-refractivity contribution is 0.143. The molecule has 4 rings (SSSR count). The summed E-state index contributed by atoms with van der Waals surface area (Å²) in [6, 6.07) is 13.9. The number of amides is 1. The van der Waals surface area contributed by atoms with Gasteiger partial charge < -0.3 is 14.5 Å². The Hall–Kier alpha value is -2.98. The van der Waals surface area contributed by atoms with Crippen LogP contribution in [0, 0.1) is 6.92 Å². The molecular formula is C25H33N7O2S. The molecule has 0 bridgehead atoms. The molecule has 186 valence electrons. The Morgan fingerprint density at radius 1 is 1.11 bits per heavy atom. The van der Waals surface area contributed by atoms with Crippen LogP contribution < -0.4 is 4.74 Å². The van der Waals surface area contributed by atoms with Crippen molar-refractivity contribution in [3.8, 4) is 5.75 Å². The second kappa shape index (κ2) is 12.1. The first kappa shape index (κ1) is 25.1. The van der Waals surface area contributed by atoms with E-state index in [1.165, 1.54) is 5.56 Å². The minimum atomic E-state index is -0.291. The van der Waals surface area contributed by atoms with Gasteiger partial charge in [0, 0.05) is 36.3 Å². The normalized spacial score (nSPS) is 14.5. The Kier molecular flexibility index (Phi) is 8.70. The van der Waals surface area contributed by atoms with E-state index >= 15 is 0 Å². The lowest BCUT2D eigenvalue weighted by atomic mass is 10.1. The van der Waals surface area contributed by atoms with Gasteiger partial charge in [0.05, 0.1) is 6.54 Å². The number of aryl methyl sites for hydroxylation is 3. The zero-order valence-electron chi connectivity index (χ0n) is 20.6. The Balaban J connectivity index is 1.21. The Morgan fingerprint density at radius 3 is 2.60 bits per heavy atom. The standard InChI is InChI=1S/C25H33N7O2S/c1-19-5-4-6-21(26-19)10-7-20-8-11-22(12-9-20)34-25(33)31-15-13-23(14-16-31)35-24-27-28-29-32(24)18-17-30(2)3/h4-6,8-9,11-12,23H,7,10,13-18H2,1-3H3. The van der Waals surface area contributed by atoms with Crippen LogP contribution in [0.15, 0.2) is 47.6 Å². The monoisotopic (exact) mass is 495 g/mol. The Morgan fingerprint density at radius 2 is 1.89 bits per heavy atom. The average molecular weight is 496 g/mol. The number of ether oxygens (including phenoxy) is 1. The fourth-order valence-corrected chi connectivity index (χ4v) is 5.00. The maximum atomic E-state index is 12.7. The number of piperidine rings is 1. The number of benzene rings is 1. The number of rotatable bonds is 9. The second-order valence-corrected chi connectivity index (χ2v) is 10.3. The molecule has 0 radical (unpaired) electrons. The summed E-state index contributed by atoms with van der Waals surface area (Å²) in [5.41, 5.74) is 3.32. The number of hydrogen-bond donors (Lipinski definition) is 0. The number of thioether (sulfide) groups is 1. The molecule has 1 amide bonds. The molecule has 0 saturated carbocycles. The lowest BCUT2D eigenvalue weighted by Crippen LogP contribution is -2.41. The average Bonchev–Trinajstić information content (AvgIpc) is 3.29. The predicted molar refractivity (Wildman–Crippen MR) is 136 cm³/mol. The van der Waals surface area contributed by atoms with Gasteiger partial charge in [0.2, 0.25) is 5.16 Å². The summed E-state index contributed by atoms with van der Waals surface area (Å²) in [6.07, 6.45) is 3.25. The number of hydrogen-bond acceptors (Lipinski definition) is 8. The summed E-state index contributed by atoms with van der Waals surface area (Å²) >= 11 is 1.70. The maximum absolute atomic E-state index is 12.7. The van der Waals surface area contributed by atoms with E-state index in [1.54, 1.807) is 16.7 Å². The van der Waals surface area contributed by atoms with Crippen molar-refractivity contribution in [2.45, 2.75) is 49.6 Å². The molecule has 1 saturated heterocycles. The van der Waals surface area contributed by atoms with Gasteiger partial charge in [-0.2, -0.15) is 0 Å². The van der Waals surface area contributed by atoms with Crippen molar-refractivity contribution in [2.24, 2.45) is 0 Å². The number of nitrogens with zero attached hydrogens (tertiary/aromatic N) is 7. The molecule has 35 heavy (non-hydrogen) atoms. The van der Waals surface area contributed by atoms with E-state index in [2.05, 4.69) is 31.5 Å². The van der Waals surface area contributed by atoms with E-state index in [1.807, 2.05) is 62.1 Å². The van der Waals surface area contributed by atoms with Crippen molar-refractivity contribution in [3.05, 3.63) is 59.4 Å². The van der Waals surface area contributed by atoms with E-state index in [4.69, 9.17) is 4.74 Å². The highest BCUT2D eigenvalue weighted by atomic mass is 32.2. The fourth-order valence-electron chi connectivity index (χ4n) is 3.92. The molecule has 10 heteroatoms. The van der Waals surface area contributed by atoms with Crippen LogP contribution in [-0.4, -0.2) is 80.1 Å². The van der Waals surface area contributed by atoms with Gasteiger partial charge in [-0.25, -0.2) is 9.48 Å². The Labute approximate surface area is 210 Å². The molecule has 1 aliphatic heterocycles. The van der Waals surface area contributed by atoms with Crippen LogP contribution in [0.1, 0.15) is 29.8 Å². The topological polar surface area (TPSA) is 89.3 Å². The molecule has 0 atom stereocenters. The van der Waals surface area contributed by atoms with Gasteiger partial charge in [-0.15, -0.1) is 5.10 Å². The zero-order chi connectivity index (χ0) is 24.6. The third-order valence-electron chi connectivity index (χ3n) is 5.97. The van der Waals surface area contributed by atoms with Crippen LogP contribution in [0.5, 0.6) is 5.75 Å². The highest BCUT2D eigenvalue weighted by Crippen LogP contribution is 2.29. The summed E-state index contributed by atoms with van der Waals surface area (Å²) in [6.45, 7) is 4.98. The van der Waals surface area contributed by atoms with Crippen molar-refractivity contribution in [1.29, 1.82) is 0 Å². The van der Waals surface area contributed by atoms with Crippen LogP contribution >= 0.6 is 11.8 Å². The van der Waals surface area contributed by atoms with Gasteiger partial charge >= 0.3 is 6.09 Å². The van der Waals surface area contributed by atoms with E-state index in [9.17, 15) is 4.79 Å². The lowest BCUT2D eigenvalue weighted by Gasteiger charge is -2.30. The van der Waals surface area contributed by atoms with Crippen LogP contribution in [-0.2, 0) is 19.4 Å². The molecule has 3 aromatic rings. The van der Waals surface area contributed by atoms with Gasteiger partial charge in [0.15, 0.2) is 0 Å². The van der Waals surface area contributed by atoms with Crippen molar-refractivity contribution in [1.82, 2.24) is 35.0 Å². The number of carbonyl (C=O) groups is 1. The molecule has 1 aliphatic rings. The fraction of sp³-hybridized carbons (Fsp3) is 0.480. The summed E-state index contributed by atoms with van der Waals surface area (Å²) in [4.78, 5) is 21.1. The summed E-state index contributed by atoms with van der Waals surface area (Å²) in [5, 5.41) is 13.3. The summed E-state index contributed by atoms with van der Waals surface area (Å²) in [7, 11) is 4.07. The molecular weight excluding hydrogens is 462 g/mol. The first-order valence-corrected chi connectivity index (χ1v) is 12.9. The zero-order valence-corrected chi connectivity index (χ0v) is 21.4. The highest BCUT2D eigenvalue weighted by molar-refractivity contribution is 7.99. The number of likely N-dealkylation sites (N-methyl/N-ethyl adjacent to an activating group) is 1. The van der Waals surface area contributed by atoms with Crippen LogP contribution in [0.2, 0.25) is 0 Å². The van der Waals surface area contributed by atoms with Gasteiger partial charge in [0.25, 0.3) is 0 Å². The predicted octanol–water partition coefficient (Wildman–Crippen LogP) is 3.48. The van der Waals surface area contributed by atoms with Gasteiger partial charge in [-0.3, -0.25) is 4.98 Å². The van der Waals surface area contributed by atoms with Gasteiger partial charge in [-0.05, 0) is 87.0 Å². The number of likely N-dealkylation sites (tertiary alicyclic amines) is 1. The van der Waals surface area contributed by atoms with Crippen molar-refractivity contribution >= 4 is 17.9 Å². The molecule has 0 spiro atoms. The molecule has 9 nitrogen and oxygen atoms in total. The third-order valence-corrected chi connectivity index (χ3v) is 7.28. The highest BCUT2D eigenvalue weighted by Gasteiger charge is 2.26. The van der Waals surface area contributed by atoms with E-state index < -0.39 is 0 Å². The first-order valence-electron chi connectivity index (χ1n) is 12.0. The molecule has 1 fully saturated rings. The van der Waals surface area contributed by atoms with E-state index in [0.717, 1.165) is 55.3 Å². The number of aromatic nitrogens is 5. The maximum Gasteiger partial charge on any atom is 0.415 e. The van der Waals surface area contributed by atoms with E-state index in [0.29, 0.717) is 24.1 Å². The number of pyridine rings is 1. The molecule has 1 aromatic carbocycles. The third kappa shape index (κ3) is 7.50. The van der Waals surface area contributed by atoms with Crippen molar-refractivity contribution < 1.29 is 9.53 Å². The molecule has 0 N–H and O–H groups in total. The minimum absolute atomic E-state index is 0.291. The second-order valence-electron chi connectivity index (χ2n) is 9.07. The minimum Gasteiger partial charge on any atom is -0.410 e. The molecule has 0 unspecified atom stereocenters. The van der Waals surface area contributed by atoms with Gasteiger partial charge in [0.1, 0.15) is 5.75 Å². The molecule has 0 aliphatic carbocycles. The van der Waals surface area contributed by atoms with Crippen LogP contribution in [0.3, 0.4) is 0 Å². The number of tetrazole rings is 1. The molecule has 2 aromatic heterocycles. The van der Waals surface area contributed by atoms with Crippen molar-refractivity contribution in [2.75, 3.05) is 33.7 Å². The molecule has 3 heterocycles. The van der Waals surface area contributed by atoms with E-state index in [-0.39, 0.29) is 6.09 Å². The van der Waals surface area contributed by atoms with Crippen LogP contribution in [0.25, 0.3) is 0 Å². The van der Waals surface area contributed by atoms with Crippen LogP contribution in [0.4, 0.5) is 4.79 Å².